The van der Waals surface area contributed by atoms with Crippen LogP contribution in [-0.2, 0) is 23.1 Å². The maximum absolute atomic E-state index is 12.2. The Morgan fingerprint density at radius 3 is 2.45 bits per heavy atom. The van der Waals surface area contributed by atoms with E-state index in [2.05, 4.69) is 15.0 Å². The molecular formula is C20H26ClIN4O2S. The van der Waals surface area contributed by atoms with Gasteiger partial charge in [0.05, 0.1) is 4.90 Å². The molecule has 0 heterocycles. The van der Waals surface area contributed by atoms with E-state index in [4.69, 9.17) is 11.6 Å². The highest BCUT2D eigenvalue weighted by atomic mass is 127. The lowest BCUT2D eigenvalue weighted by atomic mass is 10.2. The smallest absolute Gasteiger partial charge is 0.240 e. The molecule has 0 saturated heterocycles. The Hall–Kier alpha value is -1.36. The van der Waals surface area contributed by atoms with Crippen LogP contribution in [-0.4, -0.2) is 39.4 Å². The average Bonchev–Trinajstić information content (AvgIpc) is 3.46. The van der Waals surface area contributed by atoms with E-state index in [0.717, 1.165) is 29.9 Å². The molecule has 1 aliphatic rings. The second kappa shape index (κ2) is 10.6. The first-order chi connectivity index (χ1) is 13.4. The number of guanidine groups is 1. The molecular weight excluding hydrogens is 523 g/mol. The predicted octanol–water partition coefficient (Wildman–Crippen LogP) is 3.61. The topological polar surface area (TPSA) is 73.8 Å². The fourth-order valence-corrected chi connectivity index (χ4v) is 4.34. The molecule has 9 heteroatoms. The van der Waals surface area contributed by atoms with Crippen LogP contribution in [0.4, 0.5) is 0 Å². The van der Waals surface area contributed by atoms with Gasteiger partial charge in [-0.05, 0) is 48.2 Å². The lowest BCUT2D eigenvalue weighted by Gasteiger charge is -2.22. The van der Waals surface area contributed by atoms with Gasteiger partial charge in [-0.2, -0.15) is 0 Å². The molecule has 2 aromatic rings. The first kappa shape index (κ1) is 23.9. The zero-order valence-corrected chi connectivity index (χ0v) is 20.3. The van der Waals surface area contributed by atoms with Crippen molar-refractivity contribution in [2.75, 3.05) is 14.1 Å². The highest BCUT2D eigenvalue weighted by Gasteiger charge is 2.27. The lowest BCUT2D eigenvalue weighted by molar-refractivity contribution is 0.476. The van der Waals surface area contributed by atoms with Crippen molar-refractivity contribution in [3.8, 4) is 0 Å². The van der Waals surface area contributed by atoms with Crippen molar-refractivity contribution in [1.29, 1.82) is 0 Å². The average molecular weight is 549 g/mol. The van der Waals surface area contributed by atoms with Crippen LogP contribution in [0.1, 0.15) is 24.0 Å². The Morgan fingerprint density at radius 2 is 1.86 bits per heavy atom. The molecule has 6 nitrogen and oxygen atoms in total. The summed E-state index contributed by atoms with van der Waals surface area (Å²) in [6.45, 7) is 1.22. The van der Waals surface area contributed by atoms with Crippen LogP contribution >= 0.6 is 35.6 Å². The van der Waals surface area contributed by atoms with Crippen molar-refractivity contribution in [1.82, 2.24) is 14.9 Å². The second-order valence-corrected chi connectivity index (χ2v) is 9.08. The Bertz CT molecular complexity index is 947. The third kappa shape index (κ3) is 7.13. The van der Waals surface area contributed by atoms with Gasteiger partial charge in [-0.25, -0.2) is 13.1 Å². The number of nitrogens with zero attached hydrogens (tertiary/aromatic N) is 2. The van der Waals surface area contributed by atoms with Gasteiger partial charge in [0, 0.05) is 38.2 Å². The fraction of sp³-hybridized carbons (Fsp3) is 0.350. The molecule has 29 heavy (non-hydrogen) atoms. The Balaban J connectivity index is 0.00000300. The number of benzene rings is 2. The molecule has 0 atom stereocenters. The maximum Gasteiger partial charge on any atom is 0.240 e. The summed E-state index contributed by atoms with van der Waals surface area (Å²) in [6, 6.07) is 14.7. The summed E-state index contributed by atoms with van der Waals surface area (Å²) in [7, 11) is 0.272. The maximum atomic E-state index is 12.2. The van der Waals surface area contributed by atoms with E-state index < -0.39 is 10.0 Å². The molecule has 0 bridgehead atoms. The minimum absolute atomic E-state index is 0. The molecule has 0 aromatic heterocycles. The van der Waals surface area contributed by atoms with E-state index >= 15 is 0 Å². The van der Waals surface area contributed by atoms with Crippen molar-refractivity contribution < 1.29 is 8.42 Å². The molecule has 1 saturated carbocycles. The molecule has 0 spiro atoms. The minimum Gasteiger partial charge on any atom is -0.352 e. The van der Waals surface area contributed by atoms with Crippen molar-refractivity contribution >= 4 is 51.6 Å². The number of rotatable bonds is 7. The van der Waals surface area contributed by atoms with E-state index in [1.165, 1.54) is 0 Å². The monoisotopic (exact) mass is 548 g/mol. The number of hydrogen-bond acceptors (Lipinski definition) is 3. The van der Waals surface area contributed by atoms with Gasteiger partial charge in [0.2, 0.25) is 10.0 Å². The highest BCUT2D eigenvalue weighted by Crippen LogP contribution is 2.22. The summed E-state index contributed by atoms with van der Waals surface area (Å²) in [4.78, 5) is 6.61. The predicted molar refractivity (Wildman–Crippen MR) is 128 cm³/mol. The van der Waals surface area contributed by atoms with E-state index in [1.54, 1.807) is 19.2 Å². The lowest BCUT2D eigenvalue weighted by Crippen LogP contribution is -2.38. The van der Waals surface area contributed by atoms with Crippen molar-refractivity contribution in [3.63, 3.8) is 0 Å². The summed E-state index contributed by atoms with van der Waals surface area (Å²) in [5, 5.41) is 4.01. The quantitative estimate of drug-likeness (QED) is 0.315. The second-order valence-electron chi connectivity index (χ2n) is 6.93. The first-order valence-electron chi connectivity index (χ1n) is 9.15. The standard InChI is InChI=1S/C20H25ClN4O2S.HI/c1-22-20(25(2)14-16-4-3-5-17(21)12-16)23-13-15-6-10-19(11-7-15)28(26,27)24-18-8-9-18;/h3-7,10-12,18,24H,8-9,13-14H2,1-2H3,(H,22,23);1H. The summed E-state index contributed by atoms with van der Waals surface area (Å²) >= 11 is 6.05. The third-order valence-corrected chi connectivity index (χ3v) is 6.24. The van der Waals surface area contributed by atoms with Crippen molar-refractivity contribution in [2.24, 2.45) is 4.99 Å². The van der Waals surface area contributed by atoms with Gasteiger partial charge >= 0.3 is 0 Å². The number of aliphatic imine (C=N–C) groups is 1. The van der Waals surface area contributed by atoms with Crippen LogP contribution < -0.4 is 10.0 Å². The van der Waals surface area contributed by atoms with Crippen molar-refractivity contribution in [2.45, 2.75) is 36.9 Å². The van der Waals surface area contributed by atoms with E-state index in [0.29, 0.717) is 23.0 Å². The van der Waals surface area contributed by atoms with Crippen LogP contribution in [0.3, 0.4) is 0 Å². The summed E-state index contributed by atoms with van der Waals surface area (Å²) < 4.78 is 27.2. The molecule has 158 valence electrons. The van der Waals surface area contributed by atoms with Gasteiger partial charge in [0.15, 0.2) is 5.96 Å². The summed E-state index contributed by atoms with van der Waals surface area (Å²) in [6.07, 6.45) is 1.84. The number of sulfonamides is 1. The Kier molecular flexibility index (Phi) is 8.74. The molecule has 0 amide bonds. The van der Waals surface area contributed by atoms with E-state index in [1.807, 2.05) is 48.3 Å². The van der Waals surface area contributed by atoms with Crippen LogP contribution in [0.5, 0.6) is 0 Å². The van der Waals surface area contributed by atoms with Gasteiger partial charge in [0.1, 0.15) is 0 Å². The Labute approximate surface area is 194 Å². The molecule has 0 aliphatic heterocycles. The zero-order valence-electron chi connectivity index (χ0n) is 16.4. The van der Waals surface area contributed by atoms with Gasteiger partial charge in [-0.1, -0.05) is 35.9 Å². The molecule has 1 fully saturated rings. The highest BCUT2D eigenvalue weighted by molar-refractivity contribution is 14.0. The van der Waals surface area contributed by atoms with Gasteiger partial charge < -0.3 is 10.2 Å². The molecule has 0 radical (unpaired) electrons. The molecule has 3 rings (SSSR count). The summed E-state index contributed by atoms with van der Waals surface area (Å²) in [5.41, 5.74) is 2.07. The number of nitrogens with one attached hydrogen (secondary N) is 2. The summed E-state index contributed by atoms with van der Waals surface area (Å²) in [5.74, 6) is 0.743. The molecule has 2 aromatic carbocycles. The van der Waals surface area contributed by atoms with Gasteiger partial charge in [-0.15, -0.1) is 24.0 Å². The Morgan fingerprint density at radius 1 is 1.17 bits per heavy atom. The molecule has 1 aliphatic carbocycles. The molecule has 0 unspecified atom stereocenters. The number of hydrogen-bond donors (Lipinski definition) is 2. The van der Waals surface area contributed by atoms with Crippen LogP contribution in [0.2, 0.25) is 5.02 Å². The first-order valence-corrected chi connectivity index (χ1v) is 11.0. The van der Waals surface area contributed by atoms with E-state index in [9.17, 15) is 8.42 Å². The fourth-order valence-electron chi connectivity index (χ4n) is 2.83. The van der Waals surface area contributed by atoms with E-state index in [-0.39, 0.29) is 30.0 Å². The zero-order chi connectivity index (χ0) is 20.1. The third-order valence-electron chi connectivity index (χ3n) is 4.47. The minimum atomic E-state index is -3.41. The van der Waals surface area contributed by atoms with Crippen molar-refractivity contribution in [3.05, 3.63) is 64.7 Å². The molecule has 2 N–H and O–H groups in total. The van der Waals surface area contributed by atoms with Gasteiger partial charge in [-0.3, -0.25) is 4.99 Å². The largest absolute Gasteiger partial charge is 0.352 e. The number of halogens is 2. The SMILES string of the molecule is CN=C(NCc1ccc(S(=O)(=O)NC2CC2)cc1)N(C)Cc1cccc(Cl)c1.I. The normalized spacial score (nSPS) is 14.2. The van der Waals surface area contributed by atoms with Crippen LogP contribution in [0.25, 0.3) is 0 Å². The van der Waals surface area contributed by atoms with Crippen LogP contribution in [0.15, 0.2) is 58.4 Å². The van der Waals surface area contributed by atoms with Gasteiger partial charge in [0.25, 0.3) is 0 Å². The van der Waals surface area contributed by atoms with Crippen LogP contribution in [0, 0.1) is 0 Å².